The summed E-state index contributed by atoms with van der Waals surface area (Å²) in [5.41, 5.74) is -0.160. The second-order valence-corrected chi connectivity index (χ2v) is 5.61. The van der Waals surface area contributed by atoms with Gasteiger partial charge in [-0.1, -0.05) is 19.1 Å². The van der Waals surface area contributed by atoms with Gasteiger partial charge in [-0.3, -0.25) is 0 Å². The third kappa shape index (κ3) is 5.75. The smallest absolute Gasteiger partial charge is 0.357 e. The van der Waals surface area contributed by atoms with Crippen LogP contribution in [0.5, 0.6) is 0 Å². The molecule has 0 saturated carbocycles. The van der Waals surface area contributed by atoms with Crippen LogP contribution in [0.4, 0.5) is 13.2 Å². The van der Waals surface area contributed by atoms with Gasteiger partial charge in [-0.05, 0) is 24.6 Å². The number of aromatic nitrogens is 3. The van der Waals surface area contributed by atoms with Crippen LogP contribution in [0.3, 0.4) is 0 Å². The van der Waals surface area contributed by atoms with Crippen LogP contribution in [0.2, 0.25) is 0 Å². The van der Waals surface area contributed by atoms with Crippen LogP contribution in [0.1, 0.15) is 30.8 Å². The standard InChI is InChI=1S/C17H23F3N6/c1-3-15-25-24-12-26(15)9-8-22-16(21-4-2)23-11-13-6-5-7-14(10-13)17(18,19)20/h5-7,10,12H,3-4,8-9,11H2,1-2H3,(H2,21,22,23). The first-order valence-electron chi connectivity index (χ1n) is 8.49. The minimum Gasteiger partial charge on any atom is -0.357 e. The fourth-order valence-corrected chi connectivity index (χ4v) is 2.39. The zero-order chi connectivity index (χ0) is 19.0. The van der Waals surface area contributed by atoms with Crippen molar-refractivity contribution in [2.45, 2.75) is 39.5 Å². The number of halogens is 3. The van der Waals surface area contributed by atoms with Gasteiger partial charge in [0.2, 0.25) is 0 Å². The third-order valence-electron chi connectivity index (χ3n) is 3.68. The Hall–Kier alpha value is -2.58. The Labute approximate surface area is 150 Å². The predicted octanol–water partition coefficient (Wildman–Crippen LogP) is 2.61. The van der Waals surface area contributed by atoms with Crippen LogP contribution < -0.4 is 10.6 Å². The molecule has 26 heavy (non-hydrogen) atoms. The number of hydrogen-bond acceptors (Lipinski definition) is 3. The Morgan fingerprint density at radius 2 is 2.04 bits per heavy atom. The Morgan fingerprint density at radius 3 is 2.73 bits per heavy atom. The molecule has 0 bridgehead atoms. The van der Waals surface area contributed by atoms with Gasteiger partial charge in [-0.2, -0.15) is 13.2 Å². The third-order valence-corrected chi connectivity index (χ3v) is 3.68. The van der Waals surface area contributed by atoms with Crippen LogP contribution in [-0.2, 0) is 25.7 Å². The van der Waals surface area contributed by atoms with Crippen molar-refractivity contribution in [3.63, 3.8) is 0 Å². The summed E-state index contributed by atoms with van der Waals surface area (Å²) in [5.74, 6) is 1.45. The first kappa shape index (κ1) is 19.7. The molecule has 2 rings (SSSR count). The van der Waals surface area contributed by atoms with Crippen molar-refractivity contribution in [3.05, 3.63) is 47.5 Å². The quantitative estimate of drug-likeness (QED) is 0.582. The van der Waals surface area contributed by atoms with E-state index in [0.29, 0.717) is 31.2 Å². The zero-order valence-electron chi connectivity index (χ0n) is 14.8. The van der Waals surface area contributed by atoms with Crippen LogP contribution in [0, 0.1) is 0 Å². The minimum absolute atomic E-state index is 0.159. The number of nitrogens with zero attached hydrogens (tertiary/aromatic N) is 4. The van der Waals surface area contributed by atoms with E-state index in [-0.39, 0.29) is 6.54 Å². The maximum Gasteiger partial charge on any atom is 0.416 e. The second kappa shape index (κ2) is 9.21. The summed E-state index contributed by atoms with van der Waals surface area (Å²) in [7, 11) is 0. The molecule has 0 radical (unpaired) electrons. The lowest BCUT2D eigenvalue weighted by atomic mass is 10.1. The molecule has 0 saturated heterocycles. The highest BCUT2D eigenvalue weighted by Gasteiger charge is 2.30. The van der Waals surface area contributed by atoms with Crippen LogP contribution in [0.25, 0.3) is 0 Å². The maximum atomic E-state index is 12.8. The summed E-state index contributed by atoms with van der Waals surface area (Å²) >= 11 is 0. The Morgan fingerprint density at radius 1 is 1.23 bits per heavy atom. The van der Waals surface area contributed by atoms with E-state index >= 15 is 0 Å². The fourth-order valence-electron chi connectivity index (χ4n) is 2.39. The van der Waals surface area contributed by atoms with Gasteiger partial charge >= 0.3 is 6.18 Å². The van der Waals surface area contributed by atoms with Gasteiger partial charge in [0.1, 0.15) is 12.2 Å². The van der Waals surface area contributed by atoms with Gasteiger partial charge in [0.05, 0.1) is 12.1 Å². The summed E-state index contributed by atoms with van der Waals surface area (Å²) in [6, 6.07) is 5.21. The largest absolute Gasteiger partial charge is 0.416 e. The Kier molecular flexibility index (Phi) is 6.99. The Balaban J connectivity index is 1.96. The molecule has 142 valence electrons. The van der Waals surface area contributed by atoms with E-state index in [1.54, 1.807) is 12.4 Å². The van der Waals surface area contributed by atoms with Gasteiger partial charge in [-0.15, -0.1) is 10.2 Å². The van der Waals surface area contributed by atoms with Crippen molar-refractivity contribution in [1.82, 2.24) is 25.4 Å². The van der Waals surface area contributed by atoms with E-state index < -0.39 is 11.7 Å². The monoisotopic (exact) mass is 368 g/mol. The molecule has 1 aromatic carbocycles. The highest BCUT2D eigenvalue weighted by molar-refractivity contribution is 5.79. The van der Waals surface area contributed by atoms with Gasteiger partial charge in [0.25, 0.3) is 0 Å². The van der Waals surface area contributed by atoms with Crippen LogP contribution in [-0.4, -0.2) is 33.8 Å². The summed E-state index contributed by atoms with van der Waals surface area (Å²) in [6.07, 6.45) is -1.88. The first-order chi connectivity index (χ1) is 12.4. The Bertz CT molecular complexity index is 723. The van der Waals surface area contributed by atoms with Crippen molar-refractivity contribution in [2.75, 3.05) is 13.1 Å². The summed E-state index contributed by atoms with van der Waals surface area (Å²) < 4.78 is 40.3. The van der Waals surface area contributed by atoms with E-state index in [9.17, 15) is 13.2 Å². The van der Waals surface area contributed by atoms with Gasteiger partial charge < -0.3 is 15.2 Å². The number of benzene rings is 1. The summed E-state index contributed by atoms with van der Waals surface area (Å²) in [5, 5.41) is 14.1. The molecule has 2 aromatic rings. The molecule has 1 heterocycles. The predicted molar refractivity (Wildman–Crippen MR) is 93.7 cm³/mol. The molecule has 0 amide bonds. The van der Waals surface area contributed by atoms with E-state index in [2.05, 4.69) is 25.8 Å². The number of aliphatic imine (C=N–C) groups is 1. The van der Waals surface area contributed by atoms with Gasteiger partial charge in [0.15, 0.2) is 5.96 Å². The summed E-state index contributed by atoms with van der Waals surface area (Å²) in [4.78, 5) is 4.35. The van der Waals surface area contributed by atoms with Crippen molar-refractivity contribution >= 4 is 5.96 Å². The minimum atomic E-state index is -4.35. The van der Waals surface area contributed by atoms with E-state index in [1.807, 2.05) is 18.4 Å². The lowest BCUT2D eigenvalue weighted by molar-refractivity contribution is -0.137. The molecule has 9 heteroatoms. The highest BCUT2D eigenvalue weighted by atomic mass is 19.4. The molecule has 0 fully saturated rings. The van der Waals surface area contributed by atoms with Crippen molar-refractivity contribution < 1.29 is 13.2 Å². The first-order valence-corrected chi connectivity index (χ1v) is 8.49. The summed E-state index contributed by atoms with van der Waals surface area (Å²) in [6.45, 7) is 6.02. The molecular formula is C17H23F3N6. The van der Waals surface area contributed by atoms with Gasteiger partial charge in [-0.25, -0.2) is 4.99 Å². The van der Waals surface area contributed by atoms with E-state index in [4.69, 9.17) is 0 Å². The molecule has 1 aromatic heterocycles. The van der Waals surface area contributed by atoms with E-state index in [1.165, 1.54) is 6.07 Å². The average Bonchev–Trinajstić information content (AvgIpc) is 3.06. The van der Waals surface area contributed by atoms with E-state index in [0.717, 1.165) is 24.4 Å². The fraction of sp³-hybridized carbons (Fsp3) is 0.471. The molecular weight excluding hydrogens is 345 g/mol. The highest BCUT2D eigenvalue weighted by Crippen LogP contribution is 2.29. The van der Waals surface area contributed by atoms with Crippen molar-refractivity contribution in [1.29, 1.82) is 0 Å². The molecule has 0 spiro atoms. The van der Waals surface area contributed by atoms with Crippen LogP contribution >= 0.6 is 0 Å². The SMILES string of the molecule is CCNC(=NCc1cccc(C(F)(F)F)c1)NCCn1cnnc1CC. The van der Waals surface area contributed by atoms with Crippen LogP contribution in [0.15, 0.2) is 35.6 Å². The molecule has 2 N–H and O–H groups in total. The zero-order valence-corrected chi connectivity index (χ0v) is 14.8. The lowest BCUT2D eigenvalue weighted by Crippen LogP contribution is -2.38. The van der Waals surface area contributed by atoms with Crippen molar-refractivity contribution in [2.24, 2.45) is 4.99 Å². The number of hydrogen-bond donors (Lipinski definition) is 2. The molecule has 0 unspecified atom stereocenters. The molecule has 6 nitrogen and oxygen atoms in total. The number of nitrogens with one attached hydrogen (secondary N) is 2. The molecule has 0 aliphatic heterocycles. The number of guanidine groups is 1. The molecule has 0 atom stereocenters. The van der Waals surface area contributed by atoms with Gasteiger partial charge in [0, 0.05) is 26.1 Å². The molecule has 0 aliphatic carbocycles. The number of rotatable bonds is 7. The average molecular weight is 368 g/mol. The lowest BCUT2D eigenvalue weighted by Gasteiger charge is -2.12. The maximum absolute atomic E-state index is 12.8. The van der Waals surface area contributed by atoms with Crippen molar-refractivity contribution in [3.8, 4) is 0 Å². The molecule has 0 aliphatic rings. The number of aryl methyl sites for hydroxylation is 1. The number of alkyl halides is 3. The second-order valence-electron chi connectivity index (χ2n) is 5.61. The topological polar surface area (TPSA) is 67.1 Å². The normalized spacial score (nSPS) is 12.3.